The van der Waals surface area contributed by atoms with E-state index < -0.39 is 17.6 Å². The van der Waals surface area contributed by atoms with Crippen molar-refractivity contribution in [3.05, 3.63) is 87.1 Å². The average molecular weight is 535 g/mol. The lowest BCUT2D eigenvalue weighted by Gasteiger charge is -2.12. The smallest absolute Gasteiger partial charge is 0.329 e. The van der Waals surface area contributed by atoms with Gasteiger partial charge in [0.1, 0.15) is 12.4 Å². The van der Waals surface area contributed by atoms with Crippen LogP contribution in [0.3, 0.4) is 0 Å². The number of carbonyl (C=O) groups excluding carboxylic acids is 2. The molecule has 2 N–H and O–H groups in total. The molecule has 0 aliphatic carbocycles. The summed E-state index contributed by atoms with van der Waals surface area (Å²) < 4.78 is 25.1. The van der Waals surface area contributed by atoms with Gasteiger partial charge in [0.15, 0.2) is 11.5 Å². The van der Waals surface area contributed by atoms with E-state index in [9.17, 15) is 14.0 Å². The largest absolute Gasteiger partial charge is 0.493 e. The zero-order valence-corrected chi connectivity index (χ0v) is 19.6. The fourth-order valence-electron chi connectivity index (χ4n) is 2.62. The lowest BCUT2D eigenvalue weighted by Crippen LogP contribution is -2.32. The molecule has 0 unspecified atom stereocenters. The molecule has 0 aliphatic rings. The van der Waals surface area contributed by atoms with Crippen LogP contribution in [-0.4, -0.2) is 25.1 Å². The fraction of sp³-hybridized carbons (Fsp3) is 0.0870. The minimum Gasteiger partial charge on any atom is -0.493 e. The highest BCUT2D eigenvalue weighted by atomic mass is 79.9. The standard InChI is InChI=1S/C23H18BrClFN3O4/c1-32-21-10-14(2-9-20(21)33-13-15-3-6-17(26)11-19(15)25)12-27-29-23(31)22(30)28-18-7-4-16(24)5-8-18/h2-12H,13H2,1H3,(H,28,30)(H,29,31). The van der Waals surface area contributed by atoms with Crippen LogP contribution in [0.2, 0.25) is 5.02 Å². The van der Waals surface area contributed by atoms with Crippen molar-refractivity contribution in [1.29, 1.82) is 0 Å². The molecule has 0 saturated carbocycles. The van der Waals surface area contributed by atoms with Crippen LogP contribution in [0.25, 0.3) is 0 Å². The molecule has 0 heterocycles. The molecular formula is C23H18BrClFN3O4. The first-order valence-corrected chi connectivity index (χ1v) is 10.7. The van der Waals surface area contributed by atoms with Gasteiger partial charge >= 0.3 is 11.8 Å². The van der Waals surface area contributed by atoms with Crippen LogP contribution < -0.4 is 20.2 Å². The lowest BCUT2D eigenvalue weighted by molar-refractivity contribution is -0.136. The van der Waals surface area contributed by atoms with E-state index in [4.69, 9.17) is 21.1 Å². The average Bonchev–Trinajstić information content (AvgIpc) is 2.80. The van der Waals surface area contributed by atoms with Crippen LogP contribution in [-0.2, 0) is 16.2 Å². The first-order valence-electron chi connectivity index (χ1n) is 9.50. The Bertz CT molecular complexity index is 1190. The molecule has 0 atom stereocenters. The van der Waals surface area contributed by atoms with Crippen LogP contribution in [0.4, 0.5) is 10.1 Å². The molecule has 0 bridgehead atoms. The molecule has 0 saturated heterocycles. The van der Waals surface area contributed by atoms with Gasteiger partial charge in [0, 0.05) is 15.7 Å². The molecule has 0 aliphatic heterocycles. The molecule has 10 heteroatoms. The molecule has 3 aromatic carbocycles. The normalized spacial score (nSPS) is 10.7. The Morgan fingerprint density at radius 2 is 1.82 bits per heavy atom. The topological polar surface area (TPSA) is 89.0 Å². The molecule has 0 aromatic heterocycles. The highest BCUT2D eigenvalue weighted by Gasteiger charge is 2.13. The zero-order chi connectivity index (χ0) is 23.8. The van der Waals surface area contributed by atoms with E-state index in [2.05, 4.69) is 31.8 Å². The molecule has 3 aromatic rings. The van der Waals surface area contributed by atoms with E-state index in [1.807, 2.05) is 0 Å². The maximum absolute atomic E-state index is 13.2. The number of ether oxygens (including phenoxy) is 2. The van der Waals surface area contributed by atoms with Gasteiger partial charge in [-0.2, -0.15) is 5.10 Å². The molecule has 170 valence electrons. The lowest BCUT2D eigenvalue weighted by atomic mass is 10.2. The fourth-order valence-corrected chi connectivity index (χ4v) is 3.10. The van der Waals surface area contributed by atoms with Crippen LogP contribution in [0.5, 0.6) is 11.5 Å². The Hall–Kier alpha value is -3.43. The monoisotopic (exact) mass is 533 g/mol. The van der Waals surface area contributed by atoms with Crippen LogP contribution >= 0.6 is 27.5 Å². The maximum atomic E-state index is 13.2. The van der Waals surface area contributed by atoms with E-state index in [0.29, 0.717) is 28.3 Å². The number of hydrogen-bond donors (Lipinski definition) is 2. The molecule has 0 spiro atoms. The molecule has 2 amide bonds. The SMILES string of the molecule is COc1cc(C=NNC(=O)C(=O)Nc2ccc(Br)cc2)ccc1OCc1ccc(F)cc1Cl. The Labute approximate surface area is 202 Å². The van der Waals surface area contributed by atoms with Gasteiger partial charge in [0.2, 0.25) is 0 Å². The highest BCUT2D eigenvalue weighted by Crippen LogP contribution is 2.29. The molecular weight excluding hydrogens is 517 g/mol. The number of methoxy groups -OCH3 is 1. The quantitative estimate of drug-likeness (QED) is 0.256. The number of carbonyl (C=O) groups is 2. The summed E-state index contributed by atoms with van der Waals surface area (Å²) in [7, 11) is 1.47. The first kappa shape index (κ1) is 24.2. The second kappa shape index (κ2) is 11.4. The summed E-state index contributed by atoms with van der Waals surface area (Å²) >= 11 is 9.31. The molecule has 7 nitrogen and oxygen atoms in total. The van der Waals surface area contributed by atoms with Gasteiger partial charge in [-0.15, -0.1) is 0 Å². The van der Waals surface area contributed by atoms with E-state index >= 15 is 0 Å². The Morgan fingerprint density at radius 1 is 1.06 bits per heavy atom. The van der Waals surface area contributed by atoms with Crippen molar-refractivity contribution in [2.45, 2.75) is 6.61 Å². The van der Waals surface area contributed by atoms with E-state index in [1.54, 1.807) is 48.5 Å². The Kier molecular flexibility index (Phi) is 8.39. The van der Waals surface area contributed by atoms with Crippen molar-refractivity contribution >= 4 is 51.2 Å². The van der Waals surface area contributed by atoms with Crippen molar-refractivity contribution < 1.29 is 23.5 Å². The van der Waals surface area contributed by atoms with Crippen molar-refractivity contribution in [3.8, 4) is 11.5 Å². The third-order valence-electron chi connectivity index (χ3n) is 4.27. The van der Waals surface area contributed by atoms with Crippen molar-refractivity contribution in [3.63, 3.8) is 0 Å². The minimum absolute atomic E-state index is 0.118. The highest BCUT2D eigenvalue weighted by molar-refractivity contribution is 9.10. The molecule has 0 radical (unpaired) electrons. The number of benzene rings is 3. The first-order chi connectivity index (χ1) is 15.9. The second-order valence-corrected chi connectivity index (χ2v) is 7.92. The third-order valence-corrected chi connectivity index (χ3v) is 5.15. The number of amides is 2. The number of anilines is 1. The number of rotatable bonds is 7. The van der Waals surface area contributed by atoms with Gasteiger partial charge < -0.3 is 14.8 Å². The third kappa shape index (κ3) is 7.03. The summed E-state index contributed by atoms with van der Waals surface area (Å²) in [4.78, 5) is 23.9. The Balaban J connectivity index is 1.57. The zero-order valence-electron chi connectivity index (χ0n) is 17.3. The van der Waals surface area contributed by atoms with Crippen molar-refractivity contribution in [1.82, 2.24) is 5.43 Å². The number of nitrogens with one attached hydrogen (secondary N) is 2. The predicted octanol–water partition coefficient (Wildman–Crippen LogP) is 4.92. The maximum Gasteiger partial charge on any atom is 0.329 e. The molecule has 3 rings (SSSR count). The predicted molar refractivity (Wildman–Crippen MR) is 127 cm³/mol. The summed E-state index contributed by atoms with van der Waals surface area (Å²) in [6.07, 6.45) is 1.36. The van der Waals surface area contributed by atoms with E-state index in [1.165, 1.54) is 25.5 Å². The second-order valence-electron chi connectivity index (χ2n) is 6.59. The summed E-state index contributed by atoms with van der Waals surface area (Å²) in [5.41, 5.74) is 3.85. The van der Waals surface area contributed by atoms with Gasteiger partial charge in [-0.05, 0) is 60.2 Å². The van der Waals surface area contributed by atoms with Gasteiger partial charge in [0.05, 0.1) is 18.3 Å². The van der Waals surface area contributed by atoms with Crippen molar-refractivity contribution in [2.24, 2.45) is 5.10 Å². The van der Waals surface area contributed by atoms with Gasteiger partial charge in [-0.25, -0.2) is 9.82 Å². The van der Waals surface area contributed by atoms with Crippen LogP contribution in [0, 0.1) is 5.82 Å². The van der Waals surface area contributed by atoms with Crippen molar-refractivity contribution in [2.75, 3.05) is 12.4 Å². The van der Waals surface area contributed by atoms with Gasteiger partial charge in [-0.3, -0.25) is 9.59 Å². The van der Waals surface area contributed by atoms with E-state index in [-0.39, 0.29) is 11.6 Å². The molecule has 33 heavy (non-hydrogen) atoms. The van der Waals surface area contributed by atoms with Crippen LogP contribution in [0.15, 0.2) is 70.2 Å². The van der Waals surface area contributed by atoms with Gasteiger partial charge in [0.25, 0.3) is 0 Å². The van der Waals surface area contributed by atoms with Crippen LogP contribution in [0.1, 0.15) is 11.1 Å². The number of hydrogen-bond acceptors (Lipinski definition) is 5. The Morgan fingerprint density at radius 3 is 2.52 bits per heavy atom. The molecule has 0 fully saturated rings. The number of hydrazone groups is 1. The summed E-state index contributed by atoms with van der Waals surface area (Å²) in [5.74, 6) is -1.35. The number of halogens is 3. The summed E-state index contributed by atoms with van der Waals surface area (Å²) in [5, 5.41) is 6.52. The minimum atomic E-state index is -0.919. The number of nitrogens with zero attached hydrogens (tertiary/aromatic N) is 1. The van der Waals surface area contributed by atoms with E-state index in [0.717, 1.165) is 4.47 Å². The summed E-state index contributed by atoms with van der Waals surface area (Å²) in [6, 6.07) is 15.8. The van der Waals surface area contributed by atoms with Gasteiger partial charge in [-0.1, -0.05) is 33.6 Å². The summed E-state index contributed by atoms with van der Waals surface area (Å²) in [6.45, 7) is 0.118.